The number of nitrogen functional groups attached to an aromatic ring is 1. The van der Waals surface area contributed by atoms with E-state index in [1.165, 1.54) is 17.7 Å². The monoisotopic (exact) mass is 417 g/mol. The molecule has 0 aliphatic heterocycles. The van der Waals surface area contributed by atoms with Crippen LogP contribution in [0.3, 0.4) is 0 Å². The molecule has 0 aliphatic carbocycles. The molecule has 4 rings (SSSR count). The van der Waals surface area contributed by atoms with E-state index in [4.69, 9.17) is 5.73 Å². The molecule has 1 heterocycles. The van der Waals surface area contributed by atoms with Gasteiger partial charge in [-0.05, 0) is 53.9 Å². The molecule has 8 heteroatoms. The fourth-order valence-electron chi connectivity index (χ4n) is 3.43. The van der Waals surface area contributed by atoms with Crippen LogP contribution in [-0.4, -0.2) is 21.7 Å². The number of nitrogens with zero attached hydrogens (tertiary/aromatic N) is 2. The molecule has 7 nitrogen and oxygen atoms in total. The number of aryl methyl sites for hydroxylation is 1. The number of rotatable bonds is 3. The molecule has 3 aromatic carbocycles. The highest BCUT2D eigenvalue weighted by molar-refractivity contribution is 6.05. The minimum absolute atomic E-state index is 0.110. The summed E-state index contributed by atoms with van der Waals surface area (Å²) in [5.74, 6) is -0.468. The average Bonchev–Trinajstić information content (AvgIpc) is 3.08. The molecule has 156 valence electrons. The molecule has 1 aromatic heterocycles. The number of benzene rings is 3. The molecular weight excluding hydrogens is 397 g/mol. The van der Waals surface area contributed by atoms with Gasteiger partial charge >= 0.3 is 6.03 Å². The number of anilines is 3. The molecular formula is C23H20FN5O2. The summed E-state index contributed by atoms with van der Waals surface area (Å²) in [6.45, 7) is 3.24. The van der Waals surface area contributed by atoms with Gasteiger partial charge in [-0.3, -0.25) is 4.79 Å². The van der Waals surface area contributed by atoms with E-state index in [1.54, 1.807) is 30.3 Å². The molecule has 0 saturated carbocycles. The lowest BCUT2D eigenvalue weighted by Crippen LogP contribution is -2.20. The lowest BCUT2D eigenvalue weighted by molar-refractivity contribution is 0.0927. The van der Waals surface area contributed by atoms with E-state index >= 15 is 0 Å². The predicted octanol–water partition coefficient (Wildman–Crippen LogP) is 5.04. The van der Waals surface area contributed by atoms with Gasteiger partial charge in [0.25, 0.3) is 0 Å². The summed E-state index contributed by atoms with van der Waals surface area (Å²) < 4.78 is 15.1. The van der Waals surface area contributed by atoms with Crippen molar-refractivity contribution in [3.05, 3.63) is 72.0 Å². The molecule has 4 N–H and O–H groups in total. The second kappa shape index (κ2) is 7.91. The van der Waals surface area contributed by atoms with Gasteiger partial charge in [0.15, 0.2) is 5.82 Å². The van der Waals surface area contributed by atoms with Gasteiger partial charge in [0.2, 0.25) is 5.91 Å². The first-order chi connectivity index (χ1) is 14.8. The smallest absolute Gasteiger partial charge is 0.323 e. The normalized spacial score (nSPS) is 10.8. The third-order valence-electron chi connectivity index (χ3n) is 4.86. The van der Waals surface area contributed by atoms with E-state index in [1.807, 2.05) is 31.2 Å². The Morgan fingerprint density at radius 2 is 1.77 bits per heavy atom. The number of hydrogen-bond acceptors (Lipinski definition) is 4. The van der Waals surface area contributed by atoms with Crippen LogP contribution in [-0.2, 0) is 0 Å². The molecule has 4 aromatic rings. The van der Waals surface area contributed by atoms with Crippen LogP contribution in [0.4, 0.5) is 26.4 Å². The molecule has 0 saturated heterocycles. The van der Waals surface area contributed by atoms with Crippen molar-refractivity contribution in [3.8, 4) is 11.1 Å². The maximum absolute atomic E-state index is 13.8. The summed E-state index contributed by atoms with van der Waals surface area (Å²) in [6.07, 6.45) is 0. The fraction of sp³-hybridized carbons (Fsp3) is 0.0870. The Kier molecular flexibility index (Phi) is 5.12. The molecule has 0 spiro atoms. The number of hydrogen-bond donors (Lipinski definition) is 3. The van der Waals surface area contributed by atoms with Crippen LogP contribution < -0.4 is 16.4 Å². The van der Waals surface area contributed by atoms with Crippen molar-refractivity contribution in [2.45, 2.75) is 13.8 Å². The molecule has 31 heavy (non-hydrogen) atoms. The van der Waals surface area contributed by atoms with Gasteiger partial charge in [-0.2, -0.15) is 4.68 Å². The van der Waals surface area contributed by atoms with Crippen molar-refractivity contribution < 1.29 is 14.0 Å². The fourth-order valence-corrected chi connectivity index (χ4v) is 3.43. The predicted molar refractivity (Wildman–Crippen MR) is 120 cm³/mol. The standard InChI is InChI=1S/C23H20FN5O2/c1-13-6-11-18(24)19(12-13)27-23(31)26-16-9-7-15(8-10-16)17-4-3-5-20-21(17)22(25)28-29(20)14(2)30/h3-12H,1-2H3,(H2,25,28)(H2,26,27,31). The Balaban J connectivity index is 1.57. The molecule has 0 fully saturated rings. The van der Waals surface area contributed by atoms with Gasteiger partial charge in [-0.1, -0.05) is 30.3 Å². The number of fused-ring (bicyclic) bond motifs is 1. The Morgan fingerprint density at radius 3 is 2.48 bits per heavy atom. The lowest BCUT2D eigenvalue weighted by atomic mass is 10.0. The number of amides is 2. The Hall–Kier alpha value is -4.20. The first kappa shape index (κ1) is 20.1. The number of nitrogens with one attached hydrogen (secondary N) is 2. The molecule has 0 aliphatic rings. The second-order valence-corrected chi connectivity index (χ2v) is 7.16. The summed E-state index contributed by atoms with van der Waals surface area (Å²) in [7, 11) is 0. The van der Waals surface area contributed by atoms with Crippen molar-refractivity contribution in [1.29, 1.82) is 0 Å². The Bertz CT molecular complexity index is 1310. The van der Waals surface area contributed by atoms with Crippen molar-refractivity contribution in [2.24, 2.45) is 0 Å². The van der Waals surface area contributed by atoms with Crippen LogP contribution in [0.25, 0.3) is 22.0 Å². The summed E-state index contributed by atoms with van der Waals surface area (Å²) in [4.78, 5) is 24.1. The summed E-state index contributed by atoms with van der Waals surface area (Å²) in [5, 5.41) is 10.0. The van der Waals surface area contributed by atoms with Crippen LogP contribution in [0.15, 0.2) is 60.7 Å². The number of urea groups is 1. The van der Waals surface area contributed by atoms with Crippen molar-refractivity contribution in [2.75, 3.05) is 16.4 Å². The van der Waals surface area contributed by atoms with Crippen molar-refractivity contribution >= 4 is 40.0 Å². The van der Waals surface area contributed by atoms with Crippen LogP contribution in [0, 0.1) is 12.7 Å². The minimum atomic E-state index is -0.550. The van der Waals surface area contributed by atoms with Crippen LogP contribution >= 0.6 is 0 Å². The molecule has 2 amide bonds. The van der Waals surface area contributed by atoms with Gasteiger partial charge < -0.3 is 16.4 Å². The SMILES string of the molecule is CC(=O)n1nc(N)c2c(-c3ccc(NC(=O)Nc4cc(C)ccc4F)cc3)cccc21. The average molecular weight is 417 g/mol. The number of nitrogens with two attached hydrogens (primary N) is 1. The number of halogens is 1. The van der Waals surface area contributed by atoms with E-state index in [0.29, 0.717) is 16.6 Å². The summed E-state index contributed by atoms with van der Waals surface area (Å²) in [6, 6.07) is 16.5. The molecule has 0 radical (unpaired) electrons. The third kappa shape index (κ3) is 3.95. The first-order valence-corrected chi connectivity index (χ1v) is 9.56. The van der Waals surface area contributed by atoms with Crippen LogP contribution in [0.1, 0.15) is 17.3 Å². The zero-order valence-electron chi connectivity index (χ0n) is 16.9. The quantitative estimate of drug-likeness (QED) is 0.435. The first-order valence-electron chi connectivity index (χ1n) is 9.56. The lowest BCUT2D eigenvalue weighted by Gasteiger charge is -2.10. The summed E-state index contributed by atoms with van der Waals surface area (Å²) >= 11 is 0. The van der Waals surface area contributed by atoms with Gasteiger partial charge in [0, 0.05) is 12.6 Å². The molecule has 0 bridgehead atoms. The van der Waals surface area contributed by atoms with Gasteiger partial charge in [-0.15, -0.1) is 5.10 Å². The van der Waals surface area contributed by atoms with Crippen molar-refractivity contribution in [1.82, 2.24) is 9.78 Å². The highest BCUT2D eigenvalue weighted by atomic mass is 19.1. The van der Waals surface area contributed by atoms with Gasteiger partial charge in [0.05, 0.1) is 16.6 Å². The zero-order valence-corrected chi connectivity index (χ0v) is 16.9. The Morgan fingerprint density at radius 1 is 1.03 bits per heavy atom. The number of aromatic nitrogens is 2. The van der Waals surface area contributed by atoms with E-state index in [0.717, 1.165) is 16.7 Å². The molecule has 0 unspecified atom stereocenters. The minimum Gasteiger partial charge on any atom is -0.382 e. The maximum atomic E-state index is 13.8. The topological polar surface area (TPSA) is 102 Å². The van der Waals surface area contributed by atoms with Gasteiger partial charge in [0.1, 0.15) is 5.82 Å². The van der Waals surface area contributed by atoms with E-state index in [2.05, 4.69) is 15.7 Å². The second-order valence-electron chi connectivity index (χ2n) is 7.16. The summed E-state index contributed by atoms with van der Waals surface area (Å²) in [5.41, 5.74) is 9.84. The van der Waals surface area contributed by atoms with E-state index < -0.39 is 11.8 Å². The largest absolute Gasteiger partial charge is 0.382 e. The Labute approximate surface area is 177 Å². The number of carbonyl (C=O) groups excluding carboxylic acids is 2. The van der Waals surface area contributed by atoms with Crippen LogP contribution in [0.2, 0.25) is 0 Å². The van der Waals surface area contributed by atoms with Gasteiger partial charge in [-0.25, -0.2) is 9.18 Å². The zero-order chi connectivity index (χ0) is 22.1. The highest BCUT2D eigenvalue weighted by Gasteiger charge is 2.15. The maximum Gasteiger partial charge on any atom is 0.323 e. The van der Waals surface area contributed by atoms with E-state index in [-0.39, 0.29) is 17.4 Å². The third-order valence-corrected chi connectivity index (χ3v) is 4.86. The highest BCUT2D eigenvalue weighted by Crippen LogP contribution is 2.33. The molecule has 0 atom stereocenters. The number of carbonyl (C=O) groups is 2. The van der Waals surface area contributed by atoms with Crippen molar-refractivity contribution in [3.63, 3.8) is 0 Å². The van der Waals surface area contributed by atoms with Crippen LogP contribution in [0.5, 0.6) is 0 Å². The van der Waals surface area contributed by atoms with E-state index in [9.17, 15) is 14.0 Å².